The van der Waals surface area contributed by atoms with Crippen LogP contribution in [0.25, 0.3) is 0 Å². The van der Waals surface area contributed by atoms with Crippen molar-refractivity contribution in [3.8, 4) is 12.3 Å². The van der Waals surface area contributed by atoms with Gasteiger partial charge in [0.15, 0.2) is 6.61 Å². The van der Waals surface area contributed by atoms with Gasteiger partial charge in [0.1, 0.15) is 5.60 Å². The molecule has 1 aromatic carbocycles. The monoisotopic (exact) mass is 488 g/mol. The number of allylic oxidation sites excluding steroid dienone is 2. The van der Waals surface area contributed by atoms with Crippen molar-refractivity contribution in [2.24, 2.45) is 33.7 Å². The fourth-order valence-corrected chi connectivity index (χ4v) is 8.11. The molecule has 4 aliphatic rings. The van der Waals surface area contributed by atoms with E-state index in [1.165, 1.54) is 11.1 Å². The molecule has 0 aliphatic heterocycles. The van der Waals surface area contributed by atoms with E-state index in [9.17, 15) is 9.90 Å². The van der Waals surface area contributed by atoms with Crippen LogP contribution in [0.5, 0.6) is 0 Å². The highest BCUT2D eigenvalue weighted by molar-refractivity contribution is 5.96. The van der Waals surface area contributed by atoms with Gasteiger partial charge >= 0.3 is 0 Å². The Labute approximate surface area is 215 Å². The largest absolute Gasteiger partial charge is 0.385 e. The van der Waals surface area contributed by atoms with Crippen LogP contribution in [0.2, 0.25) is 0 Å². The highest BCUT2D eigenvalue weighted by Gasteiger charge is 2.63. The first-order valence-corrected chi connectivity index (χ1v) is 13.7. The number of hydrogen-bond acceptors (Lipinski definition) is 4. The predicted octanol–water partition coefficient (Wildman–Crippen LogP) is 5.05. The predicted molar refractivity (Wildman–Crippen MR) is 142 cm³/mol. The highest BCUT2D eigenvalue weighted by atomic mass is 16.6. The third kappa shape index (κ3) is 4.28. The number of benzene rings is 1. The molecule has 36 heavy (non-hydrogen) atoms. The molecule has 0 bridgehead atoms. The summed E-state index contributed by atoms with van der Waals surface area (Å²) in [5.74, 6) is 4.41. The van der Waals surface area contributed by atoms with E-state index < -0.39 is 5.60 Å². The Hall–Kier alpha value is -2.58. The Balaban J connectivity index is 1.17. The van der Waals surface area contributed by atoms with Crippen LogP contribution in [0.15, 0.2) is 47.1 Å². The third-order valence-electron chi connectivity index (χ3n) is 10.3. The normalized spacial score (nSPS) is 38.2. The molecule has 0 saturated heterocycles. The summed E-state index contributed by atoms with van der Waals surface area (Å²) in [6.07, 6.45) is 16.9. The number of oxime groups is 1. The van der Waals surface area contributed by atoms with Gasteiger partial charge in [-0.2, -0.15) is 0 Å². The van der Waals surface area contributed by atoms with Gasteiger partial charge in [0.05, 0.1) is 5.71 Å². The second kappa shape index (κ2) is 9.71. The highest BCUT2D eigenvalue weighted by Crippen LogP contribution is 2.67. The van der Waals surface area contributed by atoms with Crippen molar-refractivity contribution in [1.82, 2.24) is 5.32 Å². The zero-order chi connectivity index (χ0) is 25.4. The van der Waals surface area contributed by atoms with Crippen LogP contribution in [0.1, 0.15) is 70.8 Å². The van der Waals surface area contributed by atoms with E-state index in [4.69, 9.17) is 11.3 Å². The summed E-state index contributed by atoms with van der Waals surface area (Å²) in [6, 6.07) is 10.1. The summed E-state index contributed by atoms with van der Waals surface area (Å²) in [5, 5.41) is 18.4. The molecule has 5 nitrogen and oxygen atoms in total. The average Bonchev–Trinajstić information content (AvgIpc) is 3.16. The number of hydrogen-bond donors (Lipinski definition) is 2. The van der Waals surface area contributed by atoms with Gasteiger partial charge in [0, 0.05) is 12.0 Å². The maximum atomic E-state index is 12.1. The molecule has 6 atom stereocenters. The molecule has 5 rings (SSSR count). The molecule has 1 aromatic rings. The number of carbonyl (C=O) groups is 1. The maximum absolute atomic E-state index is 12.1. The fourth-order valence-electron chi connectivity index (χ4n) is 8.11. The lowest BCUT2D eigenvalue weighted by atomic mass is 9.46. The van der Waals surface area contributed by atoms with Crippen molar-refractivity contribution in [1.29, 1.82) is 0 Å². The Kier molecular flexibility index (Phi) is 6.76. The maximum Gasteiger partial charge on any atom is 0.260 e. The first-order chi connectivity index (χ1) is 17.3. The molecule has 4 aliphatic carbocycles. The third-order valence-corrected chi connectivity index (χ3v) is 10.3. The van der Waals surface area contributed by atoms with Gasteiger partial charge in [-0.1, -0.05) is 60.8 Å². The molecule has 1 amide bonds. The van der Waals surface area contributed by atoms with Gasteiger partial charge in [-0.25, -0.2) is 0 Å². The van der Waals surface area contributed by atoms with Crippen molar-refractivity contribution in [2.75, 3.05) is 13.2 Å². The lowest BCUT2D eigenvalue weighted by Crippen LogP contribution is -2.54. The lowest BCUT2D eigenvalue weighted by molar-refractivity contribution is -0.125. The Bertz CT molecular complexity index is 1090. The minimum atomic E-state index is -0.947. The molecule has 0 heterocycles. The van der Waals surface area contributed by atoms with Crippen molar-refractivity contribution in [3.63, 3.8) is 0 Å². The molecule has 0 spiro atoms. The lowest BCUT2D eigenvalue weighted by Gasteiger charge is -2.58. The summed E-state index contributed by atoms with van der Waals surface area (Å²) >= 11 is 0. The summed E-state index contributed by atoms with van der Waals surface area (Å²) in [6.45, 7) is 5.22. The minimum absolute atomic E-state index is 0.0538. The van der Waals surface area contributed by atoms with Crippen LogP contribution in [0, 0.1) is 40.9 Å². The standard InChI is InChI=1S/C31H40N2O3/c1-4-31(35)18-14-27-25-11-10-23-20-24(12-16-29(23,2)26(25)13-17-30(27,31)3)33-36-21-28(34)32-19-15-22-8-6-5-7-9-22/h1,5-9,20,25-27,35H,10-19,21H2,2-3H3,(H,32,34)/t25-,26+,27-,29-,30+,31+/m0/s1. The average molecular weight is 489 g/mol. The molecule has 3 fully saturated rings. The number of fused-ring (bicyclic) bond motifs is 5. The zero-order valence-corrected chi connectivity index (χ0v) is 21.8. The van der Waals surface area contributed by atoms with Gasteiger partial charge < -0.3 is 15.3 Å². The van der Waals surface area contributed by atoms with Crippen LogP contribution < -0.4 is 5.32 Å². The number of aliphatic hydroxyl groups is 1. The van der Waals surface area contributed by atoms with E-state index in [-0.39, 0.29) is 23.3 Å². The summed E-state index contributed by atoms with van der Waals surface area (Å²) in [7, 11) is 0. The summed E-state index contributed by atoms with van der Waals surface area (Å²) in [4.78, 5) is 17.6. The van der Waals surface area contributed by atoms with Crippen molar-refractivity contribution in [2.45, 2.75) is 77.2 Å². The number of nitrogens with zero attached hydrogens (tertiary/aromatic N) is 1. The SMILES string of the molecule is C#C[C@@]1(O)CC[C@H]2[C@H]3CCC4=CC(=NOCC(=O)NCCc5ccccc5)CC[C@]4(C)[C@@H]3CC[C@]21C. The van der Waals surface area contributed by atoms with Crippen LogP contribution in [0.4, 0.5) is 0 Å². The zero-order valence-electron chi connectivity index (χ0n) is 21.8. The second-order valence-corrected chi connectivity index (χ2v) is 11.9. The van der Waals surface area contributed by atoms with E-state index in [2.05, 4.69) is 48.4 Å². The molecule has 0 unspecified atom stereocenters. The van der Waals surface area contributed by atoms with Gasteiger partial charge in [-0.05, 0) is 92.6 Å². The van der Waals surface area contributed by atoms with Gasteiger partial charge in [0.25, 0.3) is 5.91 Å². The van der Waals surface area contributed by atoms with Gasteiger partial charge in [-0.3, -0.25) is 4.79 Å². The number of carbonyl (C=O) groups excluding carboxylic acids is 1. The molecular formula is C31H40N2O3. The van der Waals surface area contributed by atoms with Crippen molar-refractivity contribution >= 4 is 11.6 Å². The topological polar surface area (TPSA) is 70.9 Å². The first kappa shape index (κ1) is 25.1. The van der Waals surface area contributed by atoms with Gasteiger partial charge in [-0.15, -0.1) is 6.42 Å². The molecule has 0 aromatic heterocycles. The number of rotatable bonds is 6. The van der Waals surface area contributed by atoms with Crippen LogP contribution in [-0.4, -0.2) is 35.5 Å². The molecule has 2 N–H and O–H groups in total. The van der Waals surface area contributed by atoms with E-state index in [0.29, 0.717) is 24.3 Å². The van der Waals surface area contributed by atoms with Crippen LogP contribution in [0.3, 0.4) is 0 Å². The number of nitrogens with one attached hydrogen (secondary N) is 1. The van der Waals surface area contributed by atoms with E-state index in [0.717, 1.165) is 63.5 Å². The quantitative estimate of drug-likeness (QED) is 0.435. The Morgan fingerprint density at radius 1 is 1.14 bits per heavy atom. The van der Waals surface area contributed by atoms with Crippen molar-refractivity contribution in [3.05, 3.63) is 47.5 Å². The first-order valence-electron chi connectivity index (χ1n) is 13.7. The summed E-state index contributed by atoms with van der Waals surface area (Å²) in [5.41, 5.74) is 2.70. The minimum Gasteiger partial charge on any atom is -0.385 e. The molecular weight excluding hydrogens is 448 g/mol. The second-order valence-electron chi connectivity index (χ2n) is 11.9. The summed E-state index contributed by atoms with van der Waals surface area (Å²) < 4.78 is 0. The Morgan fingerprint density at radius 3 is 2.69 bits per heavy atom. The van der Waals surface area contributed by atoms with E-state index in [1.54, 1.807) is 0 Å². The molecule has 0 radical (unpaired) electrons. The van der Waals surface area contributed by atoms with E-state index in [1.807, 2.05) is 18.2 Å². The number of terminal acetylenes is 1. The Morgan fingerprint density at radius 2 is 1.92 bits per heavy atom. The van der Waals surface area contributed by atoms with Crippen LogP contribution >= 0.6 is 0 Å². The molecule has 5 heteroatoms. The van der Waals surface area contributed by atoms with Gasteiger partial charge in [0.2, 0.25) is 0 Å². The fraction of sp³-hybridized carbons (Fsp3) is 0.613. The smallest absolute Gasteiger partial charge is 0.260 e. The number of amides is 1. The molecule has 3 saturated carbocycles. The molecule has 192 valence electrons. The van der Waals surface area contributed by atoms with Crippen molar-refractivity contribution < 1.29 is 14.7 Å². The van der Waals surface area contributed by atoms with E-state index >= 15 is 0 Å². The van der Waals surface area contributed by atoms with Crippen LogP contribution in [-0.2, 0) is 16.1 Å².